The maximum atomic E-state index is 12.0. The van der Waals surface area contributed by atoms with Crippen LogP contribution in [0.1, 0.15) is 49.9 Å². The molecule has 1 amide bonds. The molecule has 0 aliphatic carbocycles. The Balaban J connectivity index is 1.39. The lowest BCUT2D eigenvalue weighted by Crippen LogP contribution is -2.37. The molecule has 0 aromatic carbocycles. The van der Waals surface area contributed by atoms with Crippen molar-refractivity contribution in [3.05, 3.63) is 60.2 Å². The highest BCUT2D eigenvalue weighted by atomic mass is 33.1. The van der Waals surface area contributed by atoms with Gasteiger partial charge in [0.05, 0.1) is 0 Å². The molecule has 32 heavy (non-hydrogen) atoms. The summed E-state index contributed by atoms with van der Waals surface area (Å²) in [7, 11) is 3.56. The van der Waals surface area contributed by atoms with Gasteiger partial charge in [-0.05, 0) is 6.42 Å². The quantitative estimate of drug-likeness (QED) is 0.227. The largest absolute Gasteiger partial charge is 0.355 e. The van der Waals surface area contributed by atoms with E-state index in [9.17, 15) is 9.59 Å². The summed E-state index contributed by atoms with van der Waals surface area (Å²) < 4.78 is 4.37. The Hall–Kier alpha value is -1.86. The van der Waals surface area contributed by atoms with Crippen molar-refractivity contribution in [3.63, 3.8) is 0 Å². The van der Waals surface area contributed by atoms with Crippen LogP contribution in [0.5, 0.6) is 0 Å². The molecule has 1 N–H and O–H groups in total. The Labute approximate surface area is 200 Å². The van der Waals surface area contributed by atoms with Crippen molar-refractivity contribution in [1.29, 1.82) is 0 Å². The molecule has 0 bridgehead atoms. The molecule has 0 spiro atoms. The van der Waals surface area contributed by atoms with Crippen molar-refractivity contribution in [1.82, 2.24) is 5.32 Å². The number of hydrogen-bond donors (Lipinski definition) is 1. The normalized spacial score (nSPS) is 10.8. The molecule has 2 aromatic rings. The topological polar surface area (TPSA) is 53.9 Å². The summed E-state index contributed by atoms with van der Waals surface area (Å²) in [5, 5.41) is 2.99. The number of carbonyl (C=O) groups is 2. The number of aromatic nitrogens is 2. The lowest BCUT2D eigenvalue weighted by atomic mass is 10.1. The van der Waals surface area contributed by atoms with Crippen molar-refractivity contribution in [2.75, 3.05) is 18.1 Å². The van der Waals surface area contributed by atoms with Gasteiger partial charge in [0.25, 0.3) is 0 Å². The van der Waals surface area contributed by atoms with Gasteiger partial charge in [-0.25, -0.2) is 9.13 Å². The van der Waals surface area contributed by atoms with Crippen LogP contribution in [0.4, 0.5) is 0 Å². The summed E-state index contributed by atoms with van der Waals surface area (Å²) >= 11 is 0. The van der Waals surface area contributed by atoms with Crippen LogP contribution in [0.15, 0.2) is 48.8 Å². The third kappa shape index (κ3) is 11.1. The Morgan fingerprint density at radius 3 is 1.97 bits per heavy atom. The first kappa shape index (κ1) is 26.4. The van der Waals surface area contributed by atoms with Gasteiger partial charge in [0.2, 0.25) is 5.91 Å². The summed E-state index contributed by atoms with van der Waals surface area (Å²) in [4.78, 5) is 24.0. The maximum Gasteiger partial charge on any atom is 0.220 e. The monoisotopic (exact) mass is 475 g/mol. The fraction of sp³-hybridized carbons (Fsp3) is 0.520. The maximum absolute atomic E-state index is 12.0. The Morgan fingerprint density at radius 2 is 1.34 bits per heavy atom. The highest BCUT2D eigenvalue weighted by molar-refractivity contribution is 8.76. The molecule has 7 heteroatoms. The van der Waals surface area contributed by atoms with Gasteiger partial charge in [-0.3, -0.25) is 9.59 Å². The molecule has 0 fully saturated rings. The number of nitrogens with zero attached hydrogens (tertiary/aromatic N) is 2. The number of amides is 1. The minimum Gasteiger partial charge on any atom is -0.355 e. The van der Waals surface area contributed by atoms with E-state index in [1.807, 2.05) is 24.3 Å². The summed E-state index contributed by atoms with van der Waals surface area (Å²) in [6.45, 7) is 6.64. The zero-order valence-corrected chi connectivity index (χ0v) is 21.1. The standard InChI is InChI=1S/C25H36N3O2S2/c1-22-10-3-5-16-27(22)18-7-12-24(29)13-9-20-31-32-21-15-26-25(30)14-8-19-28-17-6-4-11-23(28)2/h3-6,10-11,16-17H,7-9,12-15,18-21H2,1-2H3/q+1/p+1. The van der Waals surface area contributed by atoms with Crippen molar-refractivity contribution in [3.8, 4) is 0 Å². The summed E-state index contributed by atoms with van der Waals surface area (Å²) in [6.07, 6.45) is 8.69. The third-order valence-electron chi connectivity index (χ3n) is 5.27. The Morgan fingerprint density at radius 1 is 0.781 bits per heavy atom. The number of nitrogens with one attached hydrogen (secondary N) is 1. The minimum absolute atomic E-state index is 0.124. The first-order valence-corrected chi connectivity index (χ1v) is 14.0. The van der Waals surface area contributed by atoms with E-state index in [2.05, 4.69) is 52.8 Å². The second kappa shape index (κ2) is 15.9. The molecular formula is C25H37N3O2S2+2. The van der Waals surface area contributed by atoms with Gasteiger partial charge in [-0.2, -0.15) is 0 Å². The molecule has 0 saturated heterocycles. The van der Waals surface area contributed by atoms with Crippen molar-refractivity contribution >= 4 is 33.3 Å². The average molecular weight is 476 g/mol. The second-order valence-corrected chi connectivity index (χ2v) is 10.6. The van der Waals surface area contributed by atoms with E-state index in [1.165, 1.54) is 11.4 Å². The zero-order chi connectivity index (χ0) is 23.0. The number of Topliss-reactive ketones (excluding diaryl/α,β-unsaturated/α-hetero) is 1. The van der Waals surface area contributed by atoms with E-state index in [1.54, 1.807) is 21.6 Å². The fourth-order valence-corrected chi connectivity index (χ4v) is 5.37. The molecule has 174 valence electrons. The number of pyridine rings is 2. The van der Waals surface area contributed by atoms with Gasteiger partial charge in [-0.15, -0.1) is 0 Å². The van der Waals surface area contributed by atoms with Crippen LogP contribution >= 0.6 is 21.6 Å². The fourth-order valence-electron chi connectivity index (χ4n) is 3.37. The van der Waals surface area contributed by atoms with Gasteiger partial charge in [0.1, 0.15) is 18.9 Å². The first-order chi connectivity index (χ1) is 15.6. The van der Waals surface area contributed by atoms with Crippen LogP contribution < -0.4 is 14.5 Å². The van der Waals surface area contributed by atoms with E-state index in [4.69, 9.17) is 0 Å². The van der Waals surface area contributed by atoms with Gasteiger partial charge in [0.15, 0.2) is 23.8 Å². The minimum atomic E-state index is 0.124. The highest BCUT2D eigenvalue weighted by Crippen LogP contribution is 2.22. The van der Waals surface area contributed by atoms with E-state index in [0.29, 0.717) is 31.6 Å². The molecule has 0 saturated carbocycles. The zero-order valence-electron chi connectivity index (χ0n) is 19.4. The molecule has 0 unspecified atom stereocenters. The number of hydrogen-bond acceptors (Lipinski definition) is 4. The molecular weight excluding hydrogens is 438 g/mol. The second-order valence-electron chi connectivity index (χ2n) is 7.91. The average Bonchev–Trinajstić information content (AvgIpc) is 2.78. The summed E-state index contributed by atoms with van der Waals surface area (Å²) in [5.41, 5.74) is 2.44. The number of ketones is 1. The Kier molecular flexibility index (Phi) is 13.1. The van der Waals surface area contributed by atoms with Gasteiger partial charge >= 0.3 is 0 Å². The number of rotatable bonds is 16. The van der Waals surface area contributed by atoms with Crippen molar-refractivity contribution < 1.29 is 18.7 Å². The number of carbonyl (C=O) groups excluding carboxylic acids is 2. The molecule has 0 aliphatic rings. The lowest BCUT2D eigenvalue weighted by molar-refractivity contribution is -0.703. The van der Waals surface area contributed by atoms with Crippen molar-refractivity contribution in [2.24, 2.45) is 0 Å². The van der Waals surface area contributed by atoms with Gasteiger partial charge in [-0.1, -0.05) is 33.7 Å². The smallest absolute Gasteiger partial charge is 0.220 e. The van der Waals surface area contributed by atoms with Crippen LogP contribution in [0, 0.1) is 13.8 Å². The lowest BCUT2D eigenvalue weighted by Gasteiger charge is -2.05. The summed E-state index contributed by atoms with van der Waals surface area (Å²) in [6, 6.07) is 12.3. The van der Waals surface area contributed by atoms with Crippen LogP contribution in [-0.2, 0) is 22.7 Å². The number of aryl methyl sites for hydroxylation is 4. The molecule has 0 atom stereocenters. The summed E-state index contributed by atoms with van der Waals surface area (Å²) in [5.74, 6) is 2.36. The van der Waals surface area contributed by atoms with E-state index in [-0.39, 0.29) is 5.91 Å². The highest BCUT2D eigenvalue weighted by Gasteiger charge is 2.08. The predicted octanol–water partition coefficient (Wildman–Crippen LogP) is 3.99. The molecule has 2 heterocycles. The Bertz CT molecular complexity index is 776. The van der Waals surface area contributed by atoms with E-state index < -0.39 is 0 Å². The predicted molar refractivity (Wildman–Crippen MR) is 133 cm³/mol. The SMILES string of the molecule is Cc1cccc[n+]1CCCC(=O)CCCSSCCNC(=O)CCC[n+]1ccccc1C. The third-order valence-corrected chi connectivity index (χ3v) is 7.76. The molecule has 5 nitrogen and oxygen atoms in total. The van der Waals surface area contributed by atoms with Crippen LogP contribution in [0.2, 0.25) is 0 Å². The first-order valence-electron chi connectivity index (χ1n) is 11.5. The van der Waals surface area contributed by atoms with E-state index >= 15 is 0 Å². The van der Waals surface area contributed by atoms with Crippen molar-refractivity contribution in [2.45, 2.75) is 65.5 Å². The van der Waals surface area contributed by atoms with Gasteiger partial charge < -0.3 is 5.32 Å². The molecule has 0 aliphatic heterocycles. The van der Waals surface area contributed by atoms with E-state index in [0.717, 1.165) is 43.9 Å². The molecule has 0 radical (unpaired) electrons. The molecule has 2 rings (SSSR count). The van der Waals surface area contributed by atoms with Crippen LogP contribution in [0.3, 0.4) is 0 Å². The van der Waals surface area contributed by atoms with Crippen LogP contribution in [-0.4, -0.2) is 29.7 Å². The van der Waals surface area contributed by atoms with Crippen LogP contribution in [0.25, 0.3) is 0 Å². The van der Waals surface area contributed by atoms with Gasteiger partial charge in [0, 0.05) is 88.3 Å². The molecule has 2 aromatic heterocycles.